The van der Waals surface area contributed by atoms with Gasteiger partial charge in [-0.2, -0.15) is 0 Å². The molecular formula is C20H24Cl2O4. The number of carbonyl (C=O) groups is 1. The number of ether oxygens (including phenoxy) is 1. The Kier molecular flexibility index (Phi) is 11.0. The van der Waals surface area contributed by atoms with E-state index in [1.807, 2.05) is 6.07 Å². The van der Waals surface area contributed by atoms with Crippen LogP contribution < -0.4 is 0 Å². The van der Waals surface area contributed by atoms with E-state index >= 15 is 0 Å². The van der Waals surface area contributed by atoms with E-state index in [0.29, 0.717) is 29.3 Å². The highest BCUT2D eigenvalue weighted by molar-refractivity contribution is 6.42. The van der Waals surface area contributed by atoms with E-state index in [1.54, 1.807) is 48.6 Å². The summed E-state index contributed by atoms with van der Waals surface area (Å²) in [5, 5.41) is 20.6. The van der Waals surface area contributed by atoms with Crippen molar-refractivity contribution in [2.24, 2.45) is 0 Å². The molecule has 2 N–H and O–H groups in total. The molecule has 0 bridgehead atoms. The Balaban J connectivity index is 2.29. The predicted molar refractivity (Wildman–Crippen MR) is 105 cm³/mol. The lowest BCUT2D eigenvalue weighted by Crippen LogP contribution is -2.07. The van der Waals surface area contributed by atoms with Crippen LogP contribution in [0.5, 0.6) is 0 Å². The maximum atomic E-state index is 11.0. The third-order valence-corrected chi connectivity index (χ3v) is 4.32. The van der Waals surface area contributed by atoms with E-state index in [0.717, 1.165) is 5.56 Å². The van der Waals surface area contributed by atoms with Crippen LogP contribution in [0.2, 0.25) is 10.0 Å². The maximum absolute atomic E-state index is 11.0. The van der Waals surface area contributed by atoms with Crippen molar-refractivity contribution < 1.29 is 19.7 Å². The molecule has 0 aliphatic heterocycles. The molecule has 0 aliphatic carbocycles. The summed E-state index contributed by atoms with van der Waals surface area (Å²) >= 11 is 11.8. The molecule has 0 saturated heterocycles. The number of halogens is 2. The summed E-state index contributed by atoms with van der Waals surface area (Å²) in [6.45, 7) is 0. The molecule has 0 radical (unpaired) electrons. The van der Waals surface area contributed by atoms with Gasteiger partial charge in [-0.3, -0.25) is 4.79 Å². The standard InChI is InChI=1S/C20H24Cl2O4/c1-26-20(25)13-11-17(24)7-5-3-2-4-6-16(23)10-8-15-9-12-18(21)19(22)14-15/h2-7,9,12,14,16-17,23-24H,8,10-11,13H2,1H3/b3-2+,6-4+,7-5+. The number of aliphatic hydroxyl groups excluding tert-OH is 2. The average molecular weight is 399 g/mol. The van der Waals surface area contributed by atoms with Gasteiger partial charge in [-0.15, -0.1) is 0 Å². The molecule has 2 atom stereocenters. The Morgan fingerprint density at radius 3 is 2.23 bits per heavy atom. The van der Waals surface area contributed by atoms with Crippen LogP contribution in [0.3, 0.4) is 0 Å². The highest BCUT2D eigenvalue weighted by atomic mass is 35.5. The first kappa shape index (κ1) is 22.5. The van der Waals surface area contributed by atoms with Crippen molar-refractivity contribution in [3.05, 3.63) is 70.3 Å². The lowest BCUT2D eigenvalue weighted by Gasteiger charge is -2.06. The van der Waals surface area contributed by atoms with Gasteiger partial charge in [0.05, 0.1) is 29.4 Å². The van der Waals surface area contributed by atoms with Crippen molar-refractivity contribution in [2.45, 2.75) is 37.9 Å². The number of aryl methyl sites for hydroxylation is 1. The zero-order valence-electron chi connectivity index (χ0n) is 14.6. The van der Waals surface area contributed by atoms with E-state index < -0.39 is 12.2 Å². The van der Waals surface area contributed by atoms with Crippen molar-refractivity contribution in [3.63, 3.8) is 0 Å². The summed E-state index contributed by atoms with van der Waals surface area (Å²) in [5.41, 5.74) is 1.02. The van der Waals surface area contributed by atoms with Gasteiger partial charge in [0.15, 0.2) is 0 Å². The number of methoxy groups -OCH3 is 1. The molecule has 0 saturated carbocycles. The zero-order chi connectivity index (χ0) is 19.4. The van der Waals surface area contributed by atoms with Crippen LogP contribution in [0, 0.1) is 0 Å². The van der Waals surface area contributed by atoms with Crippen LogP contribution in [0.25, 0.3) is 0 Å². The smallest absolute Gasteiger partial charge is 0.305 e. The normalized spacial score (nSPS) is 14.3. The SMILES string of the molecule is COC(=O)CCC(O)/C=C/C=C/C=C/C(O)CCc1ccc(Cl)c(Cl)c1. The number of hydrogen-bond donors (Lipinski definition) is 2. The van der Waals surface area contributed by atoms with Gasteiger partial charge in [0.25, 0.3) is 0 Å². The van der Waals surface area contributed by atoms with Gasteiger partial charge in [0.1, 0.15) is 0 Å². The van der Waals surface area contributed by atoms with E-state index in [4.69, 9.17) is 23.2 Å². The Morgan fingerprint density at radius 2 is 1.65 bits per heavy atom. The van der Waals surface area contributed by atoms with Crippen LogP contribution in [0.4, 0.5) is 0 Å². The lowest BCUT2D eigenvalue weighted by atomic mass is 10.1. The Hall–Kier alpha value is -1.59. The third kappa shape index (κ3) is 9.78. The van der Waals surface area contributed by atoms with Crippen molar-refractivity contribution >= 4 is 29.2 Å². The van der Waals surface area contributed by atoms with Crippen LogP contribution in [0.1, 0.15) is 24.8 Å². The molecule has 0 amide bonds. The lowest BCUT2D eigenvalue weighted by molar-refractivity contribution is -0.141. The first-order chi connectivity index (χ1) is 12.4. The zero-order valence-corrected chi connectivity index (χ0v) is 16.2. The largest absolute Gasteiger partial charge is 0.469 e. The number of carbonyl (C=O) groups excluding carboxylic acids is 1. The van der Waals surface area contributed by atoms with Crippen molar-refractivity contribution in [3.8, 4) is 0 Å². The van der Waals surface area contributed by atoms with Crippen molar-refractivity contribution in [2.75, 3.05) is 7.11 Å². The second-order valence-corrected chi connectivity index (χ2v) is 6.51. The molecule has 0 spiro atoms. The number of allylic oxidation sites excluding steroid dienone is 4. The van der Waals surface area contributed by atoms with Gasteiger partial charge < -0.3 is 14.9 Å². The Bertz CT molecular complexity index is 653. The van der Waals surface area contributed by atoms with Gasteiger partial charge >= 0.3 is 5.97 Å². The predicted octanol–water partition coefficient (Wildman–Crippen LogP) is 4.27. The number of esters is 1. The maximum Gasteiger partial charge on any atom is 0.305 e. The highest BCUT2D eigenvalue weighted by Gasteiger charge is 2.04. The van der Waals surface area contributed by atoms with Crippen LogP contribution >= 0.6 is 23.2 Å². The van der Waals surface area contributed by atoms with Crippen molar-refractivity contribution in [1.29, 1.82) is 0 Å². The number of rotatable bonds is 10. The van der Waals surface area contributed by atoms with E-state index in [9.17, 15) is 15.0 Å². The second-order valence-electron chi connectivity index (χ2n) is 5.69. The van der Waals surface area contributed by atoms with Gasteiger partial charge in [0.2, 0.25) is 0 Å². The number of benzene rings is 1. The summed E-state index contributed by atoms with van der Waals surface area (Å²) in [6.07, 6.45) is 10.7. The van der Waals surface area contributed by atoms with Crippen LogP contribution in [0.15, 0.2) is 54.7 Å². The van der Waals surface area contributed by atoms with E-state index in [-0.39, 0.29) is 12.4 Å². The van der Waals surface area contributed by atoms with Gasteiger partial charge in [-0.25, -0.2) is 0 Å². The average Bonchev–Trinajstić information content (AvgIpc) is 2.63. The molecule has 142 valence electrons. The molecule has 4 nitrogen and oxygen atoms in total. The number of hydrogen-bond acceptors (Lipinski definition) is 4. The summed E-state index contributed by atoms with van der Waals surface area (Å²) < 4.78 is 4.51. The molecule has 0 fully saturated rings. The Labute approximate surface area is 164 Å². The van der Waals surface area contributed by atoms with E-state index in [1.165, 1.54) is 7.11 Å². The van der Waals surface area contributed by atoms with Crippen LogP contribution in [-0.4, -0.2) is 35.5 Å². The van der Waals surface area contributed by atoms with Gasteiger partial charge in [-0.1, -0.05) is 65.7 Å². The highest BCUT2D eigenvalue weighted by Crippen LogP contribution is 2.23. The van der Waals surface area contributed by atoms with Gasteiger partial charge in [0, 0.05) is 6.42 Å². The third-order valence-electron chi connectivity index (χ3n) is 3.58. The molecule has 26 heavy (non-hydrogen) atoms. The molecule has 0 aromatic heterocycles. The Morgan fingerprint density at radius 1 is 1.04 bits per heavy atom. The second kappa shape index (κ2) is 12.7. The van der Waals surface area contributed by atoms with Gasteiger partial charge in [-0.05, 0) is 37.0 Å². The molecule has 0 heterocycles. The quantitative estimate of drug-likeness (QED) is 0.456. The molecule has 1 aromatic rings. The summed E-state index contributed by atoms with van der Waals surface area (Å²) in [5.74, 6) is -0.342. The van der Waals surface area contributed by atoms with E-state index in [2.05, 4.69) is 4.74 Å². The topological polar surface area (TPSA) is 66.8 Å². The van der Waals surface area contributed by atoms with Crippen molar-refractivity contribution in [1.82, 2.24) is 0 Å². The molecule has 1 rings (SSSR count). The molecule has 0 aliphatic rings. The summed E-state index contributed by atoms with van der Waals surface area (Å²) in [4.78, 5) is 11.0. The molecule has 1 aromatic carbocycles. The fraction of sp³-hybridized carbons (Fsp3) is 0.350. The fourth-order valence-corrected chi connectivity index (χ4v) is 2.40. The monoisotopic (exact) mass is 398 g/mol. The molecule has 2 unspecified atom stereocenters. The minimum absolute atomic E-state index is 0.177. The minimum atomic E-state index is -0.695. The first-order valence-corrected chi connectivity index (χ1v) is 9.06. The minimum Gasteiger partial charge on any atom is -0.469 e. The first-order valence-electron chi connectivity index (χ1n) is 8.31. The fourth-order valence-electron chi connectivity index (χ4n) is 2.08. The summed E-state index contributed by atoms with van der Waals surface area (Å²) in [7, 11) is 1.32. The molecular weight excluding hydrogens is 375 g/mol. The van der Waals surface area contributed by atoms with Crippen LogP contribution in [-0.2, 0) is 16.0 Å². The summed E-state index contributed by atoms with van der Waals surface area (Å²) in [6, 6.07) is 5.44. The molecule has 6 heteroatoms. The number of aliphatic hydroxyl groups is 2.